The lowest BCUT2D eigenvalue weighted by atomic mass is 10.4. The quantitative estimate of drug-likeness (QED) is 0.628. The first-order valence-electron chi connectivity index (χ1n) is 4.44. The van der Waals surface area contributed by atoms with E-state index in [2.05, 4.69) is 0 Å². The van der Waals surface area contributed by atoms with E-state index in [1.807, 2.05) is 30.3 Å². The van der Waals surface area contributed by atoms with Gasteiger partial charge in [-0.3, -0.25) is 0 Å². The van der Waals surface area contributed by atoms with Gasteiger partial charge in [0.15, 0.2) is 0 Å². The molecule has 0 aliphatic carbocycles. The molecule has 1 aromatic carbocycles. The molecule has 4 heteroatoms. The maximum absolute atomic E-state index is 10.9. The average molecular weight is 223 g/mol. The second kappa shape index (κ2) is 5.46. The Bertz CT molecular complexity index is 360. The van der Waals surface area contributed by atoms with Crippen LogP contribution in [0.4, 0.5) is 0 Å². The van der Waals surface area contributed by atoms with Crippen molar-refractivity contribution in [1.82, 2.24) is 4.90 Å². The molecule has 1 rings (SSSR count). The highest BCUT2D eigenvalue weighted by Gasteiger charge is 2.09. The van der Waals surface area contributed by atoms with Gasteiger partial charge in [0.1, 0.15) is 4.91 Å². The van der Waals surface area contributed by atoms with Crippen LogP contribution in [0.3, 0.4) is 0 Å². The zero-order valence-corrected chi connectivity index (χ0v) is 9.49. The molecule has 0 aliphatic rings. The molecule has 0 saturated carbocycles. The largest absolute Gasteiger partial charge is 0.477 e. The van der Waals surface area contributed by atoms with Crippen molar-refractivity contribution in [2.75, 3.05) is 14.1 Å². The van der Waals surface area contributed by atoms with E-state index >= 15 is 0 Å². The first-order valence-corrected chi connectivity index (χ1v) is 5.25. The molecule has 0 spiro atoms. The van der Waals surface area contributed by atoms with E-state index in [9.17, 15) is 4.79 Å². The summed E-state index contributed by atoms with van der Waals surface area (Å²) in [4.78, 5) is 13.9. The fourth-order valence-electron chi connectivity index (χ4n) is 0.975. The van der Waals surface area contributed by atoms with Crippen LogP contribution in [-0.4, -0.2) is 30.1 Å². The number of carboxylic acid groups (broad SMARTS) is 1. The minimum atomic E-state index is -0.905. The number of hydrogen-bond donors (Lipinski definition) is 1. The standard InChI is InChI=1S/C11H13NO2S/c1-12(2)8-10(11(13)14)15-9-6-4-3-5-7-9/h3-8H,1-2H3,(H,13,14)/b10-8-. The third-order valence-electron chi connectivity index (χ3n) is 1.56. The van der Waals surface area contributed by atoms with E-state index < -0.39 is 5.97 Å². The van der Waals surface area contributed by atoms with Crippen molar-refractivity contribution in [2.24, 2.45) is 0 Å². The highest BCUT2D eigenvalue weighted by molar-refractivity contribution is 8.04. The molecule has 3 nitrogen and oxygen atoms in total. The summed E-state index contributed by atoms with van der Waals surface area (Å²) >= 11 is 1.25. The Hall–Kier alpha value is -1.42. The molecule has 15 heavy (non-hydrogen) atoms. The summed E-state index contributed by atoms with van der Waals surface area (Å²) < 4.78 is 0. The monoisotopic (exact) mass is 223 g/mol. The number of rotatable bonds is 4. The van der Waals surface area contributed by atoms with E-state index in [0.29, 0.717) is 4.91 Å². The Morgan fingerprint density at radius 2 is 1.93 bits per heavy atom. The molecule has 0 aromatic heterocycles. The first kappa shape index (κ1) is 11.7. The summed E-state index contributed by atoms with van der Waals surface area (Å²) in [7, 11) is 3.60. The fourth-order valence-corrected chi connectivity index (χ4v) is 1.87. The van der Waals surface area contributed by atoms with Crippen LogP contribution in [0.5, 0.6) is 0 Å². The number of aliphatic carboxylic acids is 1. The number of nitrogens with zero attached hydrogens (tertiary/aromatic N) is 1. The molecule has 0 amide bonds. The molecular formula is C11H13NO2S. The minimum Gasteiger partial charge on any atom is -0.477 e. The van der Waals surface area contributed by atoms with Crippen LogP contribution in [0.25, 0.3) is 0 Å². The van der Waals surface area contributed by atoms with Crippen LogP contribution >= 0.6 is 11.8 Å². The van der Waals surface area contributed by atoms with Crippen molar-refractivity contribution < 1.29 is 9.90 Å². The van der Waals surface area contributed by atoms with Crippen molar-refractivity contribution in [3.8, 4) is 0 Å². The smallest absolute Gasteiger partial charge is 0.344 e. The minimum absolute atomic E-state index is 0.311. The molecule has 0 saturated heterocycles. The maximum atomic E-state index is 10.9. The lowest BCUT2D eigenvalue weighted by Crippen LogP contribution is -2.06. The van der Waals surface area contributed by atoms with Gasteiger partial charge in [0, 0.05) is 25.2 Å². The number of hydrogen-bond acceptors (Lipinski definition) is 3. The zero-order valence-electron chi connectivity index (χ0n) is 8.68. The molecule has 1 N–H and O–H groups in total. The normalized spacial score (nSPS) is 11.2. The third-order valence-corrected chi connectivity index (χ3v) is 2.57. The van der Waals surface area contributed by atoms with E-state index in [1.165, 1.54) is 11.8 Å². The summed E-state index contributed by atoms with van der Waals surface area (Å²) in [6.45, 7) is 0. The van der Waals surface area contributed by atoms with Gasteiger partial charge < -0.3 is 10.0 Å². The summed E-state index contributed by atoms with van der Waals surface area (Å²) in [6, 6.07) is 9.45. The van der Waals surface area contributed by atoms with Crippen LogP contribution in [0.2, 0.25) is 0 Å². The molecule has 1 aromatic rings. The molecule has 0 unspecified atom stereocenters. The fraction of sp³-hybridized carbons (Fsp3) is 0.182. The Kier molecular flexibility index (Phi) is 4.24. The predicted octanol–water partition coefficient (Wildman–Crippen LogP) is 2.27. The molecule has 0 fully saturated rings. The van der Waals surface area contributed by atoms with Crippen LogP contribution in [0, 0.1) is 0 Å². The lowest BCUT2D eigenvalue weighted by molar-refractivity contribution is -0.131. The molecular weight excluding hydrogens is 210 g/mol. The molecule has 0 aliphatic heterocycles. The SMILES string of the molecule is CN(C)/C=C(\Sc1ccccc1)C(=O)O. The summed E-state index contributed by atoms with van der Waals surface area (Å²) in [5.41, 5.74) is 0. The average Bonchev–Trinajstić information content (AvgIpc) is 2.17. The number of thioether (sulfide) groups is 1. The summed E-state index contributed by atoms with van der Waals surface area (Å²) in [5, 5.41) is 8.97. The van der Waals surface area contributed by atoms with Crippen molar-refractivity contribution >= 4 is 17.7 Å². The highest BCUT2D eigenvalue weighted by Crippen LogP contribution is 2.26. The van der Waals surface area contributed by atoms with Gasteiger partial charge in [-0.2, -0.15) is 0 Å². The molecule has 0 atom stereocenters. The van der Waals surface area contributed by atoms with Crippen molar-refractivity contribution in [2.45, 2.75) is 4.90 Å². The molecule has 0 radical (unpaired) electrons. The summed E-state index contributed by atoms with van der Waals surface area (Å²) in [6.07, 6.45) is 1.60. The van der Waals surface area contributed by atoms with Crippen LogP contribution < -0.4 is 0 Å². The van der Waals surface area contributed by atoms with Crippen LogP contribution in [0.15, 0.2) is 46.3 Å². The van der Waals surface area contributed by atoms with E-state index in [0.717, 1.165) is 4.90 Å². The van der Waals surface area contributed by atoms with Gasteiger partial charge in [0.2, 0.25) is 0 Å². The Balaban J connectivity index is 2.81. The molecule has 80 valence electrons. The van der Waals surface area contributed by atoms with Gasteiger partial charge in [-0.15, -0.1) is 0 Å². The van der Waals surface area contributed by atoms with E-state index in [1.54, 1.807) is 25.2 Å². The zero-order chi connectivity index (χ0) is 11.3. The van der Waals surface area contributed by atoms with Gasteiger partial charge in [-0.1, -0.05) is 30.0 Å². The van der Waals surface area contributed by atoms with Crippen LogP contribution in [0.1, 0.15) is 0 Å². The van der Waals surface area contributed by atoms with E-state index in [-0.39, 0.29) is 0 Å². The van der Waals surface area contributed by atoms with Crippen molar-refractivity contribution in [3.63, 3.8) is 0 Å². The highest BCUT2D eigenvalue weighted by atomic mass is 32.2. The third kappa shape index (κ3) is 4.08. The number of benzene rings is 1. The van der Waals surface area contributed by atoms with Crippen molar-refractivity contribution in [3.05, 3.63) is 41.4 Å². The Labute approximate surface area is 93.4 Å². The topological polar surface area (TPSA) is 40.5 Å². The van der Waals surface area contributed by atoms with E-state index in [4.69, 9.17) is 5.11 Å². The predicted molar refractivity (Wildman–Crippen MR) is 61.7 cm³/mol. The van der Waals surface area contributed by atoms with Crippen molar-refractivity contribution in [1.29, 1.82) is 0 Å². The lowest BCUT2D eigenvalue weighted by Gasteiger charge is -2.08. The summed E-state index contributed by atoms with van der Waals surface area (Å²) in [5.74, 6) is -0.905. The van der Waals surface area contributed by atoms with Gasteiger partial charge in [-0.25, -0.2) is 4.79 Å². The Morgan fingerprint density at radius 1 is 1.33 bits per heavy atom. The second-order valence-corrected chi connectivity index (χ2v) is 4.29. The van der Waals surface area contributed by atoms with Gasteiger partial charge in [0.25, 0.3) is 0 Å². The number of carbonyl (C=O) groups is 1. The first-order chi connectivity index (χ1) is 7.09. The van der Waals surface area contributed by atoms with Gasteiger partial charge in [-0.05, 0) is 12.1 Å². The van der Waals surface area contributed by atoms with Crippen LogP contribution in [-0.2, 0) is 4.79 Å². The molecule has 0 heterocycles. The Morgan fingerprint density at radius 3 is 2.40 bits per heavy atom. The molecule has 0 bridgehead atoms. The number of carboxylic acids is 1. The van der Waals surface area contributed by atoms with Gasteiger partial charge >= 0.3 is 5.97 Å². The van der Waals surface area contributed by atoms with Gasteiger partial charge in [0.05, 0.1) is 0 Å². The maximum Gasteiger partial charge on any atom is 0.344 e. The second-order valence-electron chi connectivity index (χ2n) is 3.18.